The van der Waals surface area contributed by atoms with E-state index in [0.29, 0.717) is 34.6 Å². The van der Waals surface area contributed by atoms with E-state index in [1.54, 1.807) is 25.1 Å². The molecule has 2 aromatic rings. The lowest BCUT2D eigenvalue weighted by molar-refractivity contribution is 0.373. The Kier molecular flexibility index (Phi) is 3.48. The Balaban J connectivity index is 2.35. The van der Waals surface area contributed by atoms with Crippen molar-refractivity contribution in [2.45, 2.75) is 6.92 Å². The van der Waals surface area contributed by atoms with Gasteiger partial charge in [-0.1, -0.05) is 0 Å². The van der Waals surface area contributed by atoms with Crippen molar-refractivity contribution in [1.82, 2.24) is 9.97 Å². The summed E-state index contributed by atoms with van der Waals surface area (Å²) in [6.45, 7) is 1.72. The number of nitriles is 1. The van der Waals surface area contributed by atoms with Crippen LogP contribution < -0.4 is 15.2 Å². The average Bonchev–Trinajstić information content (AvgIpc) is 2.38. The zero-order valence-corrected chi connectivity index (χ0v) is 10.5. The zero-order valence-electron chi connectivity index (χ0n) is 10.5. The Labute approximate surface area is 110 Å². The van der Waals surface area contributed by atoms with Gasteiger partial charge < -0.3 is 15.2 Å². The van der Waals surface area contributed by atoms with Crippen LogP contribution >= 0.6 is 0 Å². The van der Waals surface area contributed by atoms with Crippen LogP contribution in [0.2, 0.25) is 0 Å². The minimum atomic E-state index is 0.327. The van der Waals surface area contributed by atoms with Gasteiger partial charge >= 0.3 is 0 Å². The van der Waals surface area contributed by atoms with Crippen LogP contribution in [0.1, 0.15) is 11.4 Å². The van der Waals surface area contributed by atoms with E-state index >= 15 is 0 Å². The van der Waals surface area contributed by atoms with Crippen LogP contribution in [-0.2, 0) is 0 Å². The summed E-state index contributed by atoms with van der Waals surface area (Å²) in [5.74, 6) is 2.08. The smallest absolute Gasteiger partial charge is 0.224 e. The lowest BCUT2D eigenvalue weighted by Gasteiger charge is -2.10. The van der Waals surface area contributed by atoms with Gasteiger partial charge in [-0.15, -0.1) is 0 Å². The molecule has 0 saturated heterocycles. The van der Waals surface area contributed by atoms with E-state index in [2.05, 4.69) is 9.97 Å². The lowest BCUT2D eigenvalue weighted by atomic mass is 10.2. The number of anilines is 1. The number of methoxy groups -OCH3 is 1. The van der Waals surface area contributed by atoms with Gasteiger partial charge in [-0.3, -0.25) is 0 Å². The van der Waals surface area contributed by atoms with Gasteiger partial charge in [0.1, 0.15) is 11.6 Å². The number of nitrogens with two attached hydrogens (primary N) is 1. The Morgan fingerprint density at radius 3 is 2.63 bits per heavy atom. The zero-order chi connectivity index (χ0) is 13.8. The van der Waals surface area contributed by atoms with Gasteiger partial charge in [0.05, 0.1) is 18.7 Å². The molecular formula is C13H12N4O2. The standard InChI is InChI=1S/C13H12N4O2/c1-8-16-12(15)6-13(17-8)19-10-4-3-9(7-14)5-11(10)18-2/h3-6H,1-2H3,(H2,15,16,17). The monoisotopic (exact) mass is 256 g/mol. The van der Waals surface area contributed by atoms with Crippen molar-refractivity contribution >= 4 is 5.82 Å². The molecule has 2 N–H and O–H groups in total. The highest BCUT2D eigenvalue weighted by molar-refractivity contribution is 5.48. The van der Waals surface area contributed by atoms with Crippen LogP contribution in [0.4, 0.5) is 5.82 Å². The van der Waals surface area contributed by atoms with E-state index in [-0.39, 0.29) is 0 Å². The van der Waals surface area contributed by atoms with Crippen molar-refractivity contribution < 1.29 is 9.47 Å². The summed E-state index contributed by atoms with van der Waals surface area (Å²) in [5.41, 5.74) is 6.11. The van der Waals surface area contributed by atoms with Crippen LogP contribution in [0.15, 0.2) is 24.3 Å². The van der Waals surface area contributed by atoms with Crippen molar-refractivity contribution in [2.24, 2.45) is 0 Å². The largest absolute Gasteiger partial charge is 0.493 e. The Hall–Kier alpha value is -2.81. The lowest BCUT2D eigenvalue weighted by Crippen LogP contribution is -1.98. The second kappa shape index (κ2) is 5.23. The third kappa shape index (κ3) is 2.90. The number of aromatic nitrogens is 2. The van der Waals surface area contributed by atoms with Crippen molar-refractivity contribution in [1.29, 1.82) is 5.26 Å². The minimum absolute atomic E-state index is 0.327. The number of hydrogen-bond acceptors (Lipinski definition) is 6. The molecule has 0 unspecified atom stereocenters. The molecule has 0 aliphatic heterocycles. The first-order valence-corrected chi connectivity index (χ1v) is 5.49. The molecule has 6 nitrogen and oxygen atoms in total. The van der Waals surface area contributed by atoms with Crippen LogP contribution in [0.5, 0.6) is 17.4 Å². The molecule has 0 atom stereocenters. The minimum Gasteiger partial charge on any atom is -0.493 e. The summed E-state index contributed by atoms with van der Waals surface area (Å²) < 4.78 is 10.8. The quantitative estimate of drug-likeness (QED) is 0.903. The molecule has 1 aromatic carbocycles. The molecule has 0 bridgehead atoms. The normalized spacial score (nSPS) is 9.74. The summed E-state index contributed by atoms with van der Waals surface area (Å²) in [6, 6.07) is 8.42. The van der Waals surface area contributed by atoms with E-state index in [0.717, 1.165) is 0 Å². The highest BCUT2D eigenvalue weighted by Gasteiger charge is 2.09. The van der Waals surface area contributed by atoms with Gasteiger partial charge in [0.25, 0.3) is 0 Å². The van der Waals surface area contributed by atoms with Gasteiger partial charge in [0, 0.05) is 12.1 Å². The van der Waals surface area contributed by atoms with Crippen LogP contribution in [0, 0.1) is 18.3 Å². The maximum absolute atomic E-state index is 8.83. The van der Waals surface area contributed by atoms with E-state index in [4.69, 9.17) is 20.5 Å². The maximum atomic E-state index is 8.83. The predicted molar refractivity (Wildman–Crippen MR) is 69.0 cm³/mol. The molecule has 0 fully saturated rings. The van der Waals surface area contributed by atoms with Crippen molar-refractivity contribution in [3.8, 4) is 23.4 Å². The van der Waals surface area contributed by atoms with E-state index < -0.39 is 0 Å². The topological polar surface area (TPSA) is 94.0 Å². The highest BCUT2D eigenvalue weighted by Crippen LogP contribution is 2.31. The summed E-state index contributed by atoms with van der Waals surface area (Å²) in [6.07, 6.45) is 0. The maximum Gasteiger partial charge on any atom is 0.224 e. The predicted octanol–water partition coefficient (Wildman–Crippen LogP) is 2.04. The van der Waals surface area contributed by atoms with E-state index in [9.17, 15) is 0 Å². The summed E-state index contributed by atoms with van der Waals surface area (Å²) >= 11 is 0. The second-order valence-corrected chi connectivity index (χ2v) is 3.76. The van der Waals surface area contributed by atoms with Gasteiger partial charge in [0.15, 0.2) is 11.5 Å². The molecule has 0 radical (unpaired) electrons. The molecule has 1 aromatic heterocycles. The van der Waals surface area contributed by atoms with Crippen LogP contribution in [0.3, 0.4) is 0 Å². The first kappa shape index (κ1) is 12.6. The number of ether oxygens (including phenoxy) is 2. The molecule has 0 aliphatic carbocycles. The van der Waals surface area contributed by atoms with Crippen molar-refractivity contribution in [2.75, 3.05) is 12.8 Å². The molecule has 2 rings (SSSR count). The number of rotatable bonds is 3. The number of nitrogen functional groups attached to an aromatic ring is 1. The summed E-state index contributed by atoms with van der Waals surface area (Å²) in [4.78, 5) is 8.07. The Morgan fingerprint density at radius 2 is 2.00 bits per heavy atom. The fourth-order valence-corrected chi connectivity index (χ4v) is 1.55. The van der Waals surface area contributed by atoms with E-state index in [1.807, 2.05) is 6.07 Å². The molecule has 0 spiro atoms. The molecule has 0 saturated carbocycles. The molecular weight excluding hydrogens is 244 g/mol. The molecule has 0 aliphatic rings. The van der Waals surface area contributed by atoms with Gasteiger partial charge in [-0.2, -0.15) is 10.2 Å². The SMILES string of the molecule is COc1cc(C#N)ccc1Oc1cc(N)nc(C)n1. The van der Waals surface area contributed by atoms with E-state index in [1.165, 1.54) is 13.2 Å². The van der Waals surface area contributed by atoms with Gasteiger partial charge in [-0.25, -0.2) is 4.98 Å². The molecule has 19 heavy (non-hydrogen) atoms. The third-order valence-electron chi connectivity index (χ3n) is 2.34. The molecule has 6 heteroatoms. The van der Waals surface area contributed by atoms with Gasteiger partial charge in [-0.05, 0) is 19.1 Å². The summed E-state index contributed by atoms with van der Waals surface area (Å²) in [5, 5.41) is 8.83. The highest BCUT2D eigenvalue weighted by atomic mass is 16.5. The van der Waals surface area contributed by atoms with Crippen LogP contribution in [-0.4, -0.2) is 17.1 Å². The average molecular weight is 256 g/mol. The number of benzene rings is 1. The fraction of sp³-hybridized carbons (Fsp3) is 0.154. The van der Waals surface area contributed by atoms with Crippen molar-refractivity contribution in [3.05, 3.63) is 35.7 Å². The summed E-state index contributed by atoms with van der Waals surface area (Å²) in [7, 11) is 1.50. The second-order valence-electron chi connectivity index (χ2n) is 3.76. The third-order valence-corrected chi connectivity index (χ3v) is 2.34. The number of hydrogen-bond donors (Lipinski definition) is 1. The van der Waals surface area contributed by atoms with Crippen LogP contribution in [0.25, 0.3) is 0 Å². The number of nitrogens with zero attached hydrogens (tertiary/aromatic N) is 3. The molecule has 0 amide bonds. The molecule has 1 heterocycles. The first-order valence-electron chi connectivity index (χ1n) is 5.49. The number of aryl methyl sites for hydroxylation is 1. The fourth-order valence-electron chi connectivity index (χ4n) is 1.55. The molecule has 96 valence electrons. The Bertz CT molecular complexity index is 629. The van der Waals surface area contributed by atoms with Crippen molar-refractivity contribution in [3.63, 3.8) is 0 Å². The Morgan fingerprint density at radius 1 is 1.21 bits per heavy atom. The van der Waals surface area contributed by atoms with Gasteiger partial charge in [0.2, 0.25) is 5.88 Å². The first-order chi connectivity index (χ1) is 9.12.